The van der Waals surface area contributed by atoms with E-state index in [2.05, 4.69) is 4.98 Å². The maximum atomic E-state index is 9.06. The second kappa shape index (κ2) is 3.39. The number of rotatable bonds is 1. The fourth-order valence-electron chi connectivity index (χ4n) is 0.800. The summed E-state index contributed by atoms with van der Waals surface area (Å²) in [5, 5.41) is 18.6. The largest absolute Gasteiger partial charge is 0.289 e. The van der Waals surface area contributed by atoms with Crippen LogP contribution in [-0.2, 0) is 0 Å². The molecule has 0 aliphatic carbocycles. The number of anilines is 1. The molecule has 0 aromatic carbocycles. The average Bonchev–Trinajstić information content (AvgIpc) is 2.03. The number of hydrogen-bond acceptors (Lipinski definition) is 4. The summed E-state index contributed by atoms with van der Waals surface area (Å²) < 4.78 is 0. The van der Waals surface area contributed by atoms with Gasteiger partial charge in [-0.2, -0.15) is 5.26 Å². The molecule has 12 heavy (non-hydrogen) atoms. The van der Waals surface area contributed by atoms with Crippen LogP contribution in [0.25, 0.3) is 0 Å². The Bertz CT molecular complexity index is 332. The van der Waals surface area contributed by atoms with E-state index in [0.29, 0.717) is 5.69 Å². The summed E-state index contributed by atoms with van der Waals surface area (Å²) >= 11 is 5.60. The maximum Gasteiger partial charge on any atom is 0.148 e. The van der Waals surface area contributed by atoms with Gasteiger partial charge in [-0.25, -0.2) is 4.98 Å². The van der Waals surface area contributed by atoms with Crippen molar-refractivity contribution in [2.45, 2.75) is 0 Å². The first-order valence-corrected chi connectivity index (χ1v) is 3.52. The van der Waals surface area contributed by atoms with E-state index in [1.54, 1.807) is 0 Å². The minimum absolute atomic E-state index is 0.0934. The molecule has 1 aromatic rings. The third-order valence-electron chi connectivity index (χ3n) is 1.34. The molecule has 0 saturated heterocycles. The van der Waals surface area contributed by atoms with Crippen molar-refractivity contribution in [1.29, 1.82) is 5.26 Å². The van der Waals surface area contributed by atoms with E-state index in [4.69, 9.17) is 22.1 Å². The molecule has 1 heterocycles. The van der Waals surface area contributed by atoms with E-state index in [9.17, 15) is 0 Å². The molecule has 1 rings (SSSR count). The van der Waals surface area contributed by atoms with Crippen LogP contribution in [0.4, 0.5) is 5.69 Å². The smallest absolute Gasteiger partial charge is 0.148 e. The fourth-order valence-corrected chi connectivity index (χ4v) is 0.995. The lowest BCUT2D eigenvalue weighted by molar-refractivity contribution is 0.279. The third-order valence-corrected chi connectivity index (χ3v) is 1.63. The van der Waals surface area contributed by atoms with Crippen molar-refractivity contribution < 1.29 is 5.21 Å². The molecule has 4 nitrogen and oxygen atoms in total. The zero-order valence-corrected chi connectivity index (χ0v) is 7.08. The predicted octanol–water partition coefficient (Wildman–Crippen LogP) is 1.43. The molecule has 0 aliphatic heterocycles. The van der Waals surface area contributed by atoms with Crippen LogP contribution in [0, 0.1) is 11.3 Å². The van der Waals surface area contributed by atoms with Crippen LogP contribution in [0.3, 0.4) is 0 Å². The van der Waals surface area contributed by atoms with Crippen molar-refractivity contribution in [2.75, 3.05) is 12.1 Å². The van der Waals surface area contributed by atoms with Crippen LogP contribution in [0.5, 0.6) is 0 Å². The van der Waals surface area contributed by atoms with E-state index in [1.165, 1.54) is 19.3 Å². The molecule has 0 unspecified atom stereocenters. The summed E-state index contributed by atoms with van der Waals surface area (Å²) in [6, 6.07) is 3.35. The Morgan fingerprint density at radius 1 is 1.75 bits per heavy atom. The first kappa shape index (κ1) is 8.78. The number of nitriles is 1. The highest BCUT2D eigenvalue weighted by atomic mass is 35.5. The third kappa shape index (κ3) is 1.47. The Morgan fingerprint density at radius 3 is 2.83 bits per heavy atom. The van der Waals surface area contributed by atoms with Gasteiger partial charge >= 0.3 is 0 Å². The van der Waals surface area contributed by atoms with Crippen molar-refractivity contribution in [2.24, 2.45) is 0 Å². The monoisotopic (exact) mass is 183 g/mol. The lowest BCUT2D eigenvalue weighted by Gasteiger charge is -2.11. The van der Waals surface area contributed by atoms with Gasteiger partial charge in [0.1, 0.15) is 16.8 Å². The molecular weight excluding hydrogens is 178 g/mol. The van der Waals surface area contributed by atoms with Crippen LogP contribution >= 0.6 is 11.6 Å². The molecule has 1 N–H and O–H groups in total. The Morgan fingerprint density at radius 2 is 2.42 bits per heavy atom. The van der Waals surface area contributed by atoms with Gasteiger partial charge in [0.25, 0.3) is 0 Å². The van der Waals surface area contributed by atoms with Gasteiger partial charge in [0.05, 0.1) is 5.69 Å². The molecule has 0 fully saturated rings. The average molecular weight is 184 g/mol. The van der Waals surface area contributed by atoms with Crippen molar-refractivity contribution in [1.82, 2.24) is 4.98 Å². The van der Waals surface area contributed by atoms with Crippen LogP contribution in [0.15, 0.2) is 12.3 Å². The van der Waals surface area contributed by atoms with E-state index in [-0.39, 0.29) is 10.7 Å². The van der Waals surface area contributed by atoms with E-state index in [1.807, 2.05) is 6.07 Å². The summed E-state index contributed by atoms with van der Waals surface area (Å²) in [4.78, 5) is 3.70. The van der Waals surface area contributed by atoms with Gasteiger partial charge in [-0.05, 0) is 6.07 Å². The molecular formula is C7H6ClN3O. The Hall–Kier alpha value is -1.31. The molecule has 0 amide bonds. The molecule has 0 saturated carbocycles. The molecule has 0 atom stereocenters. The molecule has 62 valence electrons. The van der Waals surface area contributed by atoms with Gasteiger partial charge < -0.3 is 0 Å². The van der Waals surface area contributed by atoms with E-state index >= 15 is 0 Å². The molecule has 0 radical (unpaired) electrons. The normalized spacial score (nSPS) is 9.17. The Labute approximate surface area is 74.6 Å². The number of halogens is 1. The highest BCUT2D eigenvalue weighted by molar-refractivity contribution is 6.30. The Kier molecular flexibility index (Phi) is 2.48. The molecule has 0 bridgehead atoms. The van der Waals surface area contributed by atoms with E-state index < -0.39 is 0 Å². The van der Waals surface area contributed by atoms with Gasteiger partial charge in [0.15, 0.2) is 0 Å². The van der Waals surface area contributed by atoms with Crippen LogP contribution in [0.2, 0.25) is 5.15 Å². The van der Waals surface area contributed by atoms with E-state index in [0.717, 1.165) is 5.06 Å². The maximum absolute atomic E-state index is 9.06. The molecule has 0 spiro atoms. The van der Waals surface area contributed by atoms with Gasteiger partial charge in [0, 0.05) is 13.2 Å². The van der Waals surface area contributed by atoms with Crippen LogP contribution in [-0.4, -0.2) is 17.2 Å². The summed E-state index contributed by atoms with van der Waals surface area (Å²) in [6.07, 6.45) is 1.42. The predicted molar refractivity (Wildman–Crippen MR) is 44.2 cm³/mol. The minimum Gasteiger partial charge on any atom is -0.289 e. The summed E-state index contributed by atoms with van der Waals surface area (Å²) in [5.41, 5.74) is 0.515. The highest BCUT2D eigenvalue weighted by Crippen LogP contribution is 2.22. The highest BCUT2D eigenvalue weighted by Gasteiger charge is 2.09. The van der Waals surface area contributed by atoms with Crippen molar-refractivity contribution >= 4 is 17.3 Å². The number of pyridine rings is 1. The molecule has 1 aromatic heterocycles. The van der Waals surface area contributed by atoms with Gasteiger partial charge in [0.2, 0.25) is 0 Å². The van der Waals surface area contributed by atoms with Crippen molar-refractivity contribution in [3.05, 3.63) is 23.0 Å². The zero-order chi connectivity index (χ0) is 9.14. The second-order valence-electron chi connectivity index (χ2n) is 2.13. The minimum atomic E-state index is 0.0934. The Balaban J connectivity index is 3.30. The number of nitrogens with zero attached hydrogens (tertiary/aromatic N) is 3. The first-order valence-electron chi connectivity index (χ1n) is 3.14. The lowest BCUT2D eigenvalue weighted by atomic mass is 10.2. The number of hydroxylamine groups is 1. The van der Waals surface area contributed by atoms with Crippen molar-refractivity contribution in [3.8, 4) is 6.07 Å². The summed E-state index contributed by atoms with van der Waals surface area (Å²) in [5.74, 6) is 0. The van der Waals surface area contributed by atoms with Gasteiger partial charge in [-0.1, -0.05) is 11.6 Å². The van der Waals surface area contributed by atoms with Crippen LogP contribution < -0.4 is 5.06 Å². The second-order valence-corrected chi connectivity index (χ2v) is 2.49. The summed E-state index contributed by atoms with van der Waals surface area (Å²) in [7, 11) is 1.41. The standard InChI is InChI=1S/C7H6ClN3O/c1-11(12)6-2-3-10-7(8)5(6)4-9/h2-3,12H,1H3. The zero-order valence-electron chi connectivity index (χ0n) is 6.32. The number of aromatic nitrogens is 1. The SMILES string of the molecule is CN(O)c1ccnc(Cl)c1C#N. The van der Waals surface area contributed by atoms with Gasteiger partial charge in [-0.3, -0.25) is 10.3 Å². The molecule has 0 aliphatic rings. The molecule has 5 heteroatoms. The first-order chi connectivity index (χ1) is 5.66. The fraction of sp³-hybridized carbons (Fsp3) is 0.143. The van der Waals surface area contributed by atoms with Crippen LogP contribution in [0.1, 0.15) is 5.56 Å². The van der Waals surface area contributed by atoms with Crippen molar-refractivity contribution in [3.63, 3.8) is 0 Å². The number of hydrogen-bond donors (Lipinski definition) is 1. The summed E-state index contributed by atoms with van der Waals surface area (Å²) in [6.45, 7) is 0. The lowest BCUT2D eigenvalue weighted by Crippen LogP contribution is -2.11. The topological polar surface area (TPSA) is 60.1 Å². The van der Waals surface area contributed by atoms with Gasteiger partial charge in [-0.15, -0.1) is 0 Å². The quantitative estimate of drug-likeness (QED) is 0.529.